The van der Waals surface area contributed by atoms with E-state index in [2.05, 4.69) is 38.1 Å². The zero-order chi connectivity index (χ0) is 9.68. The van der Waals surface area contributed by atoms with Gasteiger partial charge in [0.15, 0.2) is 0 Å². The van der Waals surface area contributed by atoms with Gasteiger partial charge in [0.25, 0.3) is 0 Å². The second-order valence-electron chi connectivity index (χ2n) is 3.68. The maximum atomic E-state index is 8.71. The molecule has 0 aliphatic heterocycles. The van der Waals surface area contributed by atoms with E-state index in [0.29, 0.717) is 12.5 Å². The van der Waals surface area contributed by atoms with Crippen LogP contribution >= 0.6 is 0 Å². The monoisotopic (exact) mass is 178 g/mol. The van der Waals surface area contributed by atoms with Gasteiger partial charge in [0.1, 0.15) is 0 Å². The van der Waals surface area contributed by atoms with Gasteiger partial charge in [-0.3, -0.25) is 0 Å². The van der Waals surface area contributed by atoms with E-state index >= 15 is 0 Å². The first kappa shape index (κ1) is 10.3. The summed E-state index contributed by atoms with van der Waals surface area (Å²) in [5, 5.41) is 8.71. The zero-order valence-corrected chi connectivity index (χ0v) is 8.46. The minimum absolute atomic E-state index is 0.302. The Kier molecular flexibility index (Phi) is 3.97. The van der Waals surface area contributed by atoms with E-state index in [1.807, 2.05) is 0 Å². The van der Waals surface area contributed by atoms with E-state index < -0.39 is 0 Å². The molecule has 1 aromatic carbocycles. The summed E-state index contributed by atoms with van der Waals surface area (Å²) in [5.74, 6) is 0.563. The third kappa shape index (κ3) is 3.19. The molecule has 0 radical (unpaired) electrons. The van der Waals surface area contributed by atoms with Gasteiger partial charge in [-0.25, -0.2) is 0 Å². The van der Waals surface area contributed by atoms with Crippen molar-refractivity contribution >= 4 is 0 Å². The molecule has 0 bridgehead atoms. The first-order chi connectivity index (χ1) is 6.24. The molecule has 0 fully saturated rings. The van der Waals surface area contributed by atoms with E-state index in [-0.39, 0.29) is 0 Å². The average Bonchev–Trinajstić information content (AvgIpc) is 2.15. The fourth-order valence-corrected chi connectivity index (χ4v) is 1.46. The van der Waals surface area contributed by atoms with Gasteiger partial charge in [0.05, 0.1) is 0 Å². The smallest absolute Gasteiger partial charge is 0.0431 e. The SMILES string of the molecule is Cc1ccc(C(C)CCCO)cc1. The third-order valence-corrected chi connectivity index (χ3v) is 2.44. The van der Waals surface area contributed by atoms with Gasteiger partial charge >= 0.3 is 0 Å². The summed E-state index contributed by atoms with van der Waals surface area (Å²) in [6, 6.07) is 8.64. The van der Waals surface area contributed by atoms with E-state index in [0.717, 1.165) is 12.8 Å². The van der Waals surface area contributed by atoms with Gasteiger partial charge in [0, 0.05) is 6.61 Å². The molecular formula is C12H18O. The lowest BCUT2D eigenvalue weighted by atomic mass is 9.96. The Morgan fingerprint density at radius 3 is 2.38 bits per heavy atom. The molecule has 1 unspecified atom stereocenters. The Labute approximate surface area is 80.4 Å². The Hall–Kier alpha value is -0.820. The van der Waals surface area contributed by atoms with E-state index in [4.69, 9.17) is 5.11 Å². The van der Waals surface area contributed by atoms with Gasteiger partial charge in [0.2, 0.25) is 0 Å². The van der Waals surface area contributed by atoms with Crippen LogP contribution in [0.2, 0.25) is 0 Å². The van der Waals surface area contributed by atoms with Crippen LogP contribution in [0.3, 0.4) is 0 Å². The van der Waals surface area contributed by atoms with Crippen LogP contribution in [-0.2, 0) is 0 Å². The molecule has 0 amide bonds. The molecule has 1 heteroatoms. The number of aliphatic hydroxyl groups is 1. The molecule has 0 spiro atoms. The molecule has 0 aromatic heterocycles. The van der Waals surface area contributed by atoms with Gasteiger partial charge in [-0.2, -0.15) is 0 Å². The number of aliphatic hydroxyl groups excluding tert-OH is 1. The molecule has 1 N–H and O–H groups in total. The Bertz CT molecular complexity index is 238. The number of hydrogen-bond acceptors (Lipinski definition) is 1. The number of hydrogen-bond donors (Lipinski definition) is 1. The van der Waals surface area contributed by atoms with Crippen molar-refractivity contribution in [2.24, 2.45) is 0 Å². The molecule has 1 atom stereocenters. The highest BCUT2D eigenvalue weighted by molar-refractivity contribution is 5.23. The maximum absolute atomic E-state index is 8.71. The van der Waals surface area contributed by atoms with Crippen molar-refractivity contribution in [1.29, 1.82) is 0 Å². The Morgan fingerprint density at radius 1 is 1.23 bits per heavy atom. The van der Waals surface area contributed by atoms with E-state index in [1.54, 1.807) is 0 Å². The third-order valence-electron chi connectivity index (χ3n) is 2.44. The minimum atomic E-state index is 0.302. The quantitative estimate of drug-likeness (QED) is 0.751. The van der Waals surface area contributed by atoms with Crippen molar-refractivity contribution in [2.45, 2.75) is 32.6 Å². The number of rotatable bonds is 4. The van der Waals surface area contributed by atoms with Crippen LogP contribution in [0.4, 0.5) is 0 Å². The van der Waals surface area contributed by atoms with Crippen LogP contribution in [-0.4, -0.2) is 11.7 Å². The summed E-state index contributed by atoms with van der Waals surface area (Å²) >= 11 is 0. The molecule has 1 aromatic rings. The summed E-state index contributed by atoms with van der Waals surface area (Å²) in [6.45, 7) is 4.61. The predicted molar refractivity (Wildman–Crippen MR) is 55.9 cm³/mol. The summed E-state index contributed by atoms with van der Waals surface area (Å²) in [7, 11) is 0. The molecule has 0 saturated carbocycles. The summed E-state index contributed by atoms with van der Waals surface area (Å²) in [4.78, 5) is 0. The van der Waals surface area contributed by atoms with Gasteiger partial charge in [-0.1, -0.05) is 36.8 Å². The summed E-state index contributed by atoms with van der Waals surface area (Å²) < 4.78 is 0. The summed E-state index contributed by atoms with van der Waals surface area (Å²) in [5.41, 5.74) is 2.68. The number of benzene rings is 1. The van der Waals surface area contributed by atoms with Crippen molar-refractivity contribution in [3.63, 3.8) is 0 Å². The second kappa shape index (κ2) is 5.03. The Balaban J connectivity index is 2.55. The lowest BCUT2D eigenvalue weighted by molar-refractivity contribution is 0.281. The predicted octanol–water partition coefficient (Wildman–Crippen LogP) is 2.87. The molecule has 13 heavy (non-hydrogen) atoms. The first-order valence-electron chi connectivity index (χ1n) is 4.91. The van der Waals surface area contributed by atoms with Crippen molar-refractivity contribution in [1.82, 2.24) is 0 Å². The molecule has 1 nitrogen and oxygen atoms in total. The fourth-order valence-electron chi connectivity index (χ4n) is 1.46. The fraction of sp³-hybridized carbons (Fsp3) is 0.500. The van der Waals surface area contributed by atoms with Gasteiger partial charge in [-0.15, -0.1) is 0 Å². The van der Waals surface area contributed by atoms with E-state index in [9.17, 15) is 0 Å². The molecule has 0 aliphatic carbocycles. The highest BCUT2D eigenvalue weighted by atomic mass is 16.2. The van der Waals surface area contributed by atoms with Crippen LogP contribution < -0.4 is 0 Å². The Morgan fingerprint density at radius 2 is 1.85 bits per heavy atom. The molecule has 1 rings (SSSR count). The van der Waals surface area contributed by atoms with Crippen molar-refractivity contribution < 1.29 is 5.11 Å². The molecule has 0 saturated heterocycles. The van der Waals surface area contributed by atoms with Gasteiger partial charge in [-0.05, 0) is 31.2 Å². The second-order valence-corrected chi connectivity index (χ2v) is 3.68. The van der Waals surface area contributed by atoms with Crippen LogP contribution in [0.1, 0.15) is 36.8 Å². The normalized spacial score (nSPS) is 12.8. The lowest BCUT2D eigenvalue weighted by Crippen LogP contribution is -1.95. The zero-order valence-electron chi connectivity index (χ0n) is 8.46. The average molecular weight is 178 g/mol. The molecule has 0 heterocycles. The van der Waals surface area contributed by atoms with Crippen LogP contribution in [0, 0.1) is 6.92 Å². The standard InChI is InChI=1S/C12H18O/c1-10-5-7-12(8-6-10)11(2)4-3-9-13/h5-8,11,13H,3-4,9H2,1-2H3. The first-order valence-corrected chi connectivity index (χ1v) is 4.91. The van der Waals surface area contributed by atoms with Crippen molar-refractivity contribution in [2.75, 3.05) is 6.61 Å². The van der Waals surface area contributed by atoms with Crippen molar-refractivity contribution in [3.05, 3.63) is 35.4 Å². The van der Waals surface area contributed by atoms with Crippen LogP contribution in [0.25, 0.3) is 0 Å². The minimum Gasteiger partial charge on any atom is -0.396 e. The highest BCUT2D eigenvalue weighted by Crippen LogP contribution is 2.20. The number of aryl methyl sites for hydroxylation is 1. The molecular weight excluding hydrogens is 160 g/mol. The van der Waals surface area contributed by atoms with Crippen molar-refractivity contribution in [3.8, 4) is 0 Å². The summed E-state index contributed by atoms with van der Waals surface area (Å²) in [6.07, 6.45) is 1.97. The topological polar surface area (TPSA) is 20.2 Å². The lowest BCUT2D eigenvalue weighted by Gasteiger charge is -2.10. The van der Waals surface area contributed by atoms with Gasteiger partial charge < -0.3 is 5.11 Å². The maximum Gasteiger partial charge on any atom is 0.0431 e. The molecule has 72 valence electrons. The van der Waals surface area contributed by atoms with Crippen LogP contribution in [0.15, 0.2) is 24.3 Å². The largest absolute Gasteiger partial charge is 0.396 e. The van der Waals surface area contributed by atoms with E-state index in [1.165, 1.54) is 11.1 Å². The molecule has 0 aliphatic rings. The highest BCUT2D eigenvalue weighted by Gasteiger charge is 2.03. The van der Waals surface area contributed by atoms with Crippen LogP contribution in [0.5, 0.6) is 0 Å².